The van der Waals surface area contributed by atoms with Gasteiger partial charge in [0.15, 0.2) is 6.29 Å². The van der Waals surface area contributed by atoms with Gasteiger partial charge in [0.1, 0.15) is 36.6 Å². The van der Waals surface area contributed by atoms with Gasteiger partial charge in [-0.2, -0.15) is 0 Å². The summed E-state index contributed by atoms with van der Waals surface area (Å²) in [5, 5.41) is 75.2. The predicted octanol–water partition coefficient (Wildman–Crippen LogP) is 5.10. The molecule has 1 rings (SSSR count). The first-order valence-corrected chi connectivity index (χ1v) is 20.2. The number of hydrogen-bond donors (Lipinski definition) is 8. The van der Waals surface area contributed by atoms with Gasteiger partial charge in [0, 0.05) is 0 Å². The van der Waals surface area contributed by atoms with Crippen LogP contribution in [0.3, 0.4) is 0 Å². The van der Waals surface area contributed by atoms with Crippen LogP contribution in [0, 0.1) is 0 Å². The van der Waals surface area contributed by atoms with E-state index in [2.05, 4.69) is 43.5 Å². The second kappa shape index (κ2) is 31.0. The molecule has 0 radical (unpaired) electrons. The Bertz CT molecular complexity index is 887. The molecule has 0 aliphatic carbocycles. The Labute approximate surface area is 308 Å². The highest BCUT2D eigenvalue weighted by Gasteiger charge is 2.44. The van der Waals surface area contributed by atoms with E-state index >= 15 is 0 Å². The molecule has 1 saturated heterocycles. The van der Waals surface area contributed by atoms with Crippen LogP contribution in [0.25, 0.3) is 0 Å². The van der Waals surface area contributed by atoms with E-state index in [9.17, 15) is 40.5 Å². The fourth-order valence-electron chi connectivity index (χ4n) is 6.28. The van der Waals surface area contributed by atoms with Crippen molar-refractivity contribution < 1.29 is 50.0 Å². The van der Waals surface area contributed by atoms with E-state index in [1.807, 2.05) is 0 Å². The fourth-order valence-corrected chi connectivity index (χ4v) is 6.28. The SMILES string of the molecule is CCCCC/C=C/CC/C=C/CCCC(O)C(O)C(COC1OC(CO)C(O)C(O)C1O)NC(=O)C(O)CCCCCCCCCCCCCC. The summed E-state index contributed by atoms with van der Waals surface area (Å²) in [6.07, 6.45) is 19.5. The normalized spacial score (nSPS) is 23.5. The van der Waals surface area contributed by atoms with E-state index in [4.69, 9.17) is 9.47 Å². The number of ether oxygens (including phenoxy) is 2. The maximum Gasteiger partial charge on any atom is 0.249 e. The zero-order valence-electron chi connectivity index (χ0n) is 31.8. The monoisotopic (exact) mass is 730 g/mol. The number of carbonyl (C=O) groups excluding carboxylic acids is 1. The summed E-state index contributed by atoms with van der Waals surface area (Å²) in [6, 6.07) is -1.18. The van der Waals surface area contributed by atoms with Crippen LogP contribution in [0.4, 0.5) is 0 Å². The minimum absolute atomic E-state index is 0.247. The van der Waals surface area contributed by atoms with Gasteiger partial charge in [0.25, 0.3) is 0 Å². The second-order valence-electron chi connectivity index (χ2n) is 14.3. The van der Waals surface area contributed by atoms with Gasteiger partial charge in [0.05, 0.1) is 25.4 Å². The van der Waals surface area contributed by atoms with Gasteiger partial charge in [-0.1, -0.05) is 128 Å². The minimum atomic E-state index is -1.67. The first-order chi connectivity index (χ1) is 24.7. The van der Waals surface area contributed by atoms with E-state index in [-0.39, 0.29) is 12.8 Å². The number of aliphatic hydroxyl groups excluding tert-OH is 7. The maximum absolute atomic E-state index is 13.0. The largest absolute Gasteiger partial charge is 0.394 e. The van der Waals surface area contributed by atoms with Gasteiger partial charge in [-0.05, 0) is 51.4 Å². The molecule has 11 heteroatoms. The third kappa shape index (κ3) is 21.8. The number of rotatable bonds is 32. The van der Waals surface area contributed by atoms with E-state index in [1.165, 1.54) is 70.6 Å². The van der Waals surface area contributed by atoms with Crippen molar-refractivity contribution in [3.63, 3.8) is 0 Å². The third-order valence-electron chi connectivity index (χ3n) is 9.73. The molecule has 9 unspecified atom stereocenters. The number of allylic oxidation sites excluding steroid dienone is 4. The standard InChI is InChI=1S/C40H75NO10/c1-3-5-7-9-11-13-15-17-19-21-23-25-27-32(43)35(45)31(30-50-40-38(48)37(47)36(46)34(29-42)51-40)41-39(49)33(44)28-26-24-22-20-18-16-14-12-10-8-6-4-2/h11,13,19,21,31-38,40,42-48H,3-10,12,14-18,20,22-30H2,1-2H3,(H,41,49)/b13-11+,21-19+. The highest BCUT2D eigenvalue weighted by molar-refractivity contribution is 5.80. The summed E-state index contributed by atoms with van der Waals surface area (Å²) < 4.78 is 11.0. The lowest BCUT2D eigenvalue weighted by Gasteiger charge is -2.40. The molecule has 0 aromatic heterocycles. The Balaban J connectivity index is 2.58. The summed E-state index contributed by atoms with van der Waals surface area (Å²) in [5.41, 5.74) is 0. The molecule has 0 aromatic carbocycles. The van der Waals surface area contributed by atoms with E-state index < -0.39 is 74.2 Å². The average Bonchev–Trinajstić information content (AvgIpc) is 3.13. The molecule has 1 aliphatic rings. The number of carbonyl (C=O) groups is 1. The molecule has 0 aromatic rings. The van der Waals surface area contributed by atoms with Crippen molar-refractivity contribution in [2.24, 2.45) is 0 Å². The summed E-state index contributed by atoms with van der Waals surface area (Å²) >= 11 is 0. The average molecular weight is 730 g/mol. The molecule has 9 atom stereocenters. The van der Waals surface area contributed by atoms with Crippen LogP contribution in [0.5, 0.6) is 0 Å². The predicted molar refractivity (Wildman–Crippen MR) is 201 cm³/mol. The Morgan fingerprint density at radius 1 is 0.667 bits per heavy atom. The van der Waals surface area contributed by atoms with Crippen LogP contribution in [-0.4, -0.2) is 110 Å². The Morgan fingerprint density at radius 3 is 1.75 bits per heavy atom. The van der Waals surface area contributed by atoms with Crippen LogP contribution in [0.2, 0.25) is 0 Å². The third-order valence-corrected chi connectivity index (χ3v) is 9.73. The topological polar surface area (TPSA) is 189 Å². The van der Waals surface area contributed by atoms with Gasteiger partial charge >= 0.3 is 0 Å². The Kier molecular flexibility index (Phi) is 28.9. The van der Waals surface area contributed by atoms with Gasteiger partial charge in [0.2, 0.25) is 5.91 Å². The molecule has 51 heavy (non-hydrogen) atoms. The fraction of sp³-hybridized carbons (Fsp3) is 0.875. The lowest BCUT2D eigenvalue weighted by molar-refractivity contribution is -0.303. The smallest absolute Gasteiger partial charge is 0.249 e. The van der Waals surface area contributed by atoms with Crippen molar-refractivity contribution in [2.75, 3.05) is 13.2 Å². The van der Waals surface area contributed by atoms with Crippen LogP contribution in [0.15, 0.2) is 24.3 Å². The van der Waals surface area contributed by atoms with E-state index in [0.29, 0.717) is 19.3 Å². The number of nitrogens with one attached hydrogen (secondary N) is 1. The van der Waals surface area contributed by atoms with Crippen molar-refractivity contribution in [3.05, 3.63) is 24.3 Å². The van der Waals surface area contributed by atoms with Crippen molar-refractivity contribution >= 4 is 5.91 Å². The number of hydrogen-bond acceptors (Lipinski definition) is 10. The Morgan fingerprint density at radius 2 is 1.18 bits per heavy atom. The van der Waals surface area contributed by atoms with Crippen LogP contribution >= 0.6 is 0 Å². The molecule has 300 valence electrons. The molecular weight excluding hydrogens is 654 g/mol. The van der Waals surface area contributed by atoms with E-state index in [1.54, 1.807) is 0 Å². The number of aliphatic hydroxyl groups is 7. The lowest BCUT2D eigenvalue weighted by Crippen LogP contribution is -2.60. The first kappa shape index (κ1) is 47.6. The molecule has 1 amide bonds. The molecule has 11 nitrogen and oxygen atoms in total. The van der Waals surface area contributed by atoms with Gasteiger partial charge in [-0.15, -0.1) is 0 Å². The van der Waals surface area contributed by atoms with Crippen molar-refractivity contribution in [2.45, 2.75) is 210 Å². The van der Waals surface area contributed by atoms with Crippen LogP contribution in [-0.2, 0) is 14.3 Å². The Hall–Kier alpha value is -1.41. The number of unbranched alkanes of at least 4 members (excludes halogenated alkanes) is 16. The van der Waals surface area contributed by atoms with Crippen LogP contribution in [0.1, 0.15) is 155 Å². The quantitative estimate of drug-likeness (QED) is 0.0342. The molecule has 1 fully saturated rings. The minimum Gasteiger partial charge on any atom is -0.394 e. The summed E-state index contributed by atoms with van der Waals surface area (Å²) in [6.45, 7) is 3.34. The highest BCUT2D eigenvalue weighted by Crippen LogP contribution is 2.23. The second-order valence-corrected chi connectivity index (χ2v) is 14.3. The molecule has 0 saturated carbocycles. The van der Waals surface area contributed by atoms with E-state index in [0.717, 1.165) is 38.5 Å². The molecular formula is C40H75NO10. The highest BCUT2D eigenvalue weighted by atomic mass is 16.7. The molecule has 8 N–H and O–H groups in total. The first-order valence-electron chi connectivity index (χ1n) is 20.2. The lowest BCUT2D eigenvalue weighted by atomic mass is 9.98. The van der Waals surface area contributed by atoms with Gasteiger partial charge in [-0.3, -0.25) is 4.79 Å². The van der Waals surface area contributed by atoms with Gasteiger partial charge in [-0.25, -0.2) is 0 Å². The molecule has 0 spiro atoms. The number of amides is 1. The van der Waals surface area contributed by atoms with Crippen molar-refractivity contribution in [1.82, 2.24) is 5.32 Å². The maximum atomic E-state index is 13.0. The van der Waals surface area contributed by atoms with Crippen molar-refractivity contribution in [1.29, 1.82) is 0 Å². The molecule has 0 bridgehead atoms. The summed E-state index contributed by atoms with van der Waals surface area (Å²) in [7, 11) is 0. The summed E-state index contributed by atoms with van der Waals surface area (Å²) in [4.78, 5) is 13.0. The molecule has 1 aliphatic heterocycles. The summed E-state index contributed by atoms with van der Waals surface area (Å²) in [5.74, 6) is -0.714. The zero-order chi connectivity index (χ0) is 37.7. The van der Waals surface area contributed by atoms with Crippen molar-refractivity contribution in [3.8, 4) is 0 Å². The molecule has 1 heterocycles. The zero-order valence-corrected chi connectivity index (χ0v) is 31.8. The van der Waals surface area contributed by atoms with Crippen LogP contribution < -0.4 is 5.32 Å². The van der Waals surface area contributed by atoms with Gasteiger partial charge < -0.3 is 50.5 Å².